The van der Waals surface area contributed by atoms with Crippen molar-refractivity contribution >= 4 is 5.78 Å². The Morgan fingerprint density at radius 1 is 1.12 bits per heavy atom. The van der Waals surface area contributed by atoms with Crippen LogP contribution in [0.4, 0.5) is 0 Å². The second-order valence-electron chi connectivity index (χ2n) is 4.85. The van der Waals surface area contributed by atoms with Crippen LogP contribution in [0, 0.1) is 11.3 Å². The fourth-order valence-electron chi connectivity index (χ4n) is 2.71. The number of carbonyl (C=O) groups is 1. The molecule has 0 atom stereocenters. The summed E-state index contributed by atoms with van der Waals surface area (Å²) in [4.78, 5) is 12.5. The lowest BCUT2D eigenvalue weighted by Crippen LogP contribution is -2.47. The molecule has 0 aliphatic carbocycles. The summed E-state index contributed by atoms with van der Waals surface area (Å²) < 4.78 is 10.6. The van der Waals surface area contributed by atoms with Crippen LogP contribution in [0.25, 0.3) is 0 Å². The second kappa shape index (κ2) is 5.25. The lowest BCUT2D eigenvalue weighted by molar-refractivity contribution is -0.140. The summed E-state index contributed by atoms with van der Waals surface area (Å²) in [7, 11) is 0. The molecule has 0 saturated carbocycles. The average Bonchev–Trinajstić information content (AvgIpc) is 2.39. The minimum Gasteiger partial charge on any atom is -0.381 e. The van der Waals surface area contributed by atoms with Gasteiger partial charge in [0.05, 0.1) is 0 Å². The summed E-state index contributed by atoms with van der Waals surface area (Å²) in [5.41, 5.74) is 5.53. The average molecular weight is 227 g/mol. The maximum atomic E-state index is 12.5. The number of hydrogen-bond donors (Lipinski definition) is 1. The molecule has 0 aromatic heterocycles. The Morgan fingerprint density at radius 3 is 2.25 bits per heavy atom. The molecule has 92 valence electrons. The third kappa shape index (κ3) is 2.29. The van der Waals surface area contributed by atoms with E-state index >= 15 is 0 Å². The molecule has 16 heavy (non-hydrogen) atoms. The monoisotopic (exact) mass is 227 g/mol. The highest BCUT2D eigenvalue weighted by molar-refractivity contribution is 5.87. The molecule has 2 aliphatic heterocycles. The molecular formula is C12H21NO3. The quantitative estimate of drug-likeness (QED) is 0.772. The van der Waals surface area contributed by atoms with Gasteiger partial charge in [-0.3, -0.25) is 4.79 Å². The number of hydrogen-bond acceptors (Lipinski definition) is 4. The molecule has 0 bridgehead atoms. The highest BCUT2D eigenvalue weighted by atomic mass is 16.5. The number of nitrogens with two attached hydrogens (primary N) is 1. The summed E-state index contributed by atoms with van der Waals surface area (Å²) >= 11 is 0. The number of Topliss-reactive ketones (excluding diaryl/α,β-unsaturated/α-hetero) is 1. The van der Waals surface area contributed by atoms with Crippen LogP contribution in [0.3, 0.4) is 0 Å². The fraction of sp³-hybridized carbons (Fsp3) is 0.917. The van der Waals surface area contributed by atoms with Gasteiger partial charge in [-0.15, -0.1) is 0 Å². The smallest absolute Gasteiger partial charge is 0.143 e. The molecule has 0 unspecified atom stereocenters. The fourth-order valence-corrected chi connectivity index (χ4v) is 2.71. The summed E-state index contributed by atoms with van der Waals surface area (Å²) in [5.74, 6) is 0.525. The van der Waals surface area contributed by atoms with Crippen molar-refractivity contribution in [1.82, 2.24) is 0 Å². The molecule has 0 aromatic carbocycles. The Morgan fingerprint density at radius 2 is 1.69 bits per heavy atom. The van der Waals surface area contributed by atoms with Crippen molar-refractivity contribution in [3.8, 4) is 0 Å². The molecule has 2 saturated heterocycles. The first kappa shape index (κ1) is 12.0. The first-order valence-corrected chi connectivity index (χ1v) is 6.18. The predicted molar refractivity (Wildman–Crippen MR) is 60.1 cm³/mol. The zero-order chi connectivity index (χ0) is 11.4. The molecule has 4 heteroatoms. The molecule has 2 heterocycles. The van der Waals surface area contributed by atoms with Gasteiger partial charge in [0, 0.05) is 44.3 Å². The summed E-state index contributed by atoms with van der Waals surface area (Å²) in [6.45, 7) is 3.24. The first-order chi connectivity index (χ1) is 7.78. The molecule has 2 fully saturated rings. The highest BCUT2D eigenvalue weighted by Crippen LogP contribution is 2.35. The van der Waals surface area contributed by atoms with Gasteiger partial charge in [0.15, 0.2) is 0 Å². The topological polar surface area (TPSA) is 61.6 Å². The number of carbonyl (C=O) groups excluding carboxylic acids is 1. The molecule has 0 aromatic rings. The second-order valence-corrected chi connectivity index (χ2v) is 4.85. The molecule has 0 radical (unpaired) electrons. The van der Waals surface area contributed by atoms with E-state index in [1.54, 1.807) is 0 Å². The van der Waals surface area contributed by atoms with E-state index in [2.05, 4.69) is 0 Å². The van der Waals surface area contributed by atoms with Crippen LogP contribution in [0.15, 0.2) is 0 Å². The van der Waals surface area contributed by atoms with Gasteiger partial charge < -0.3 is 15.2 Å². The zero-order valence-corrected chi connectivity index (χ0v) is 9.74. The van der Waals surface area contributed by atoms with Gasteiger partial charge in [-0.1, -0.05) is 0 Å². The lowest BCUT2D eigenvalue weighted by Gasteiger charge is -2.38. The molecule has 0 amide bonds. The summed E-state index contributed by atoms with van der Waals surface area (Å²) in [6.07, 6.45) is 3.31. The molecule has 2 N–H and O–H groups in total. The molecule has 2 aliphatic rings. The third-order valence-corrected chi connectivity index (χ3v) is 3.96. The maximum Gasteiger partial charge on any atom is 0.143 e. The Labute approximate surface area is 96.5 Å². The normalized spacial score (nSPS) is 26.6. The van der Waals surface area contributed by atoms with Crippen molar-refractivity contribution in [2.75, 3.05) is 33.0 Å². The van der Waals surface area contributed by atoms with Crippen LogP contribution < -0.4 is 5.73 Å². The van der Waals surface area contributed by atoms with E-state index in [1.165, 1.54) is 0 Å². The van der Waals surface area contributed by atoms with Crippen molar-refractivity contribution in [1.29, 1.82) is 0 Å². The van der Waals surface area contributed by atoms with E-state index in [-0.39, 0.29) is 11.3 Å². The Balaban J connectivity index is 2.04. The van der Waals surface area contributed by atoms with Crippen molar-refractivity contribution in [3.63, 3.8) is 0 Å². The van der Waals surface area contributed by atoms with E-state index in [0.29, 0.717) is 38.8 Å². The predicted octanol–water partition coefficient (Wildman–Crippen LogP) is 0.738. The summed E-state index contributed by atoms with van der Waals surface area (Å²) in [5, 5.41) is 0. The number of ether oxygens (including phenoxy) is 2. The largest absolute Gasteiger partial charge is 0.381 e. The Kier molecular flexibility index (Phi) is 3.95. The van der Waals surface area contributed by atoms with E-state index in [9.17, 15) is 4.79 Å². The van der Waals surface area contributed by atoms with Crippen molar-refractivity contribution in [2.24, 2.45) is 17.1 Å². The van der Waals surface area contributed by atoms with Crippen LogP contribution in [0.5, 0.6) is 0 Å². The molecule has 0 spiro atoms. The minimum atomic E-state index is -0.305. The van der Waals surface area contributed by atoms with Crippen LogP contribution in [0.1, 0.15) is 25.7 Å². The minimum absolute atomic E-state index is 0.162. The van der Waals surface area contributed by atoms with Crippen molar-refractivity contribution in [3.05, 3.63) is 0 Å². The number of ketones is 1. The molecule has 4 nitrogen and oxygen atoms in total. The van der Waals surface area contributed by atoms with Crippen LogP contribution in [-0.4, -0.2) is 38.8 Å². The molecular weight excluding hydrogens is 206 g/mol. The third-order valence-electron chi connectivity index (χ3n) is 3.96. The first-order valence-electron chi connectivity index (χ1n) is 6.18. The maximum absolute atomic E-state index is 12.5. The van der Waals surface area contributed by atoms with Gasteiger partial charge in [-0.05, 0) is 25.7 Å². The highest BCUT2D eigenvalue weighted by Gasteiger charge is 2.42. The SMILES string of the molecule is NCC1(C(=O)C2CCOCC2)CCOCC1. The Hall–Kier alpha value is -0.450. The van der Waals surface area contributed by atoms with E-state index < -0.39 is 0 Å². The summed E-state index contributed by atoms with van der Waals surface area (Å²) in [6, 6.07) is 0. The van der Waals surface area contributed by atoms with Crippen molar-refractivity contribution in [2.45, 2.75) is 25.7 Å². The van der Waals surface area contributed by atoms with Gasteiger partial charge in [-0.2, -0.15) is 0 Å². The van der Waals surface area contributed by atoms with Crippen LogP contribution >= 0.6 is 0 Å². The van der Waals surface area contributed by atoms with Crippen LogP contribution in [-0.2, 0) is 14.3 Å². The van der Waals surface area contributed by atoms with Crippen molar-refractivity contribution < 1.29 is 14.3 Å². The van der Waals surface area contributed by atoms with Gasteiger partial charge in [0.25, 0.3) is 0 Å². The molecule has 2 rings (SSSR count). The standard InChI is InChI=1S/C12H21NO3/c13-9-12(3-7-16-8-4-12)11(14)10-1-5-15-6-2-10/h10H,1-9,13H2. The lowest BCUT2D eigenvalue weighted by atomic mass is 9.71. The van der Waals surface area contributed by atoms with E-state index in [1.807, 2.05) is 0 Å². The number of rotatable bonds is 3. The van der Waals surface area contributed by atoms with Gasteiger partial charge in [0.1, 0.15) is 5.78 Å². The van der Waals surface area contributed by atoms with E-state index in [0.717, 1.165) is 25.7 Å². The van der Waals surface area contributed by atoms with Gasteiger partial charge >= 0.3 is 0 Å². The van der Waals surface area contributed by atoms with Gasteiger partial charge in [0.2, 0.25) is 0 Å². The van der Waals surface area contributed by atoms with E-state index in [4.69, 9.17) is 15.2 Å². The van der Waals surface area contributed by atoms with Gasteiger partial charge in [-0.25, -0.2) is 0 Å². The Bertz CT molecular complexity index is 243. The zero-order valence-electron chi connectivity index (χ0n) is 9.74. The van der Waals surface area contributed by atoms with Crippen LogP contribution in [0.2, 0.25) is 0 Å².